The number of hydroxylamine groups is 2. The Kier molecular flexibility index (Phi) is 4.22. The molecule has 0 bridgehead atoms. The lowest BCUT2D eigenvalue weighted by atomic mass is 10.1. The van der Waals surface area contributed by atoms with Crippen molar-refractivity contribution in [2.75, 3.05) is 19.8 Å². The monoisotopic (exact) mass is 298 g/mol. The number of quaternary nitrogens is 1. The van der Waals surface area contributed by atoms with Crippen molar-refractivity contribution in [3.8, 4) is 5.75 Å². The highest BCUT2D eigenvalue weighted by molar-refractivity contribution is 6.30. The van der Waals surface area contributed by atoms with Gasteiger partial charge in [-0.3, -0.25) is 0 Å². The molecule has 0 spiro atoms. The number of aliphatic hydroxyl groups excluding tert-OH is 1. The second-order valence-corrected chi connectivity index (χ2v) is 6.31. The maximum atomic E-state index is 9.30. The Balaban J connectivity index is 2.08. The third-order valence-corrected chi connectivity index (χ3v) is 3.78. The summed E-state index contributed by atoms with van der Waals surface area (Å²) in [6, 6.07) is 7.19. The van der Waals surface area contributed by atoms with E-state index < -0.39 is 0 Å². The molecule has 1 unspecified atom stereocenters. The maximum absolute atomic E-state index is 9.30. The van der Waals surface area contributed by atoms with Crippen LogP contribution < -0.4 is 4.84 Å². The normalized spacial score (nSPS) is 22.4. The van der Waals surface area contributed by atoms with E-state index in [1.807, 2.05) is 12.1 Å². The van der Waals surface area contributed by atoms with Gasteiger partial charge in [0.1, 0.15) is 12.1 Å². The molecule has 6 heteroatoms. The van der Waals surface area contributed by atoms with Crippen molar-refractivity contribution < 1.29 is 14.5 Å². The Labute approximate surface area is 124 Å². The van der Waals surface area contributed by atoms with Crippen LogP contribution in [0.5, 0.6) is 5.75 Å². The molecule has 110 valence electrons. The molecular weight excluding hydrogens is 278 g/mol. The smallest absolute Gasteiger partial charge is 0.213 e. The summed E-state index contributed by atoms with van der Waals surface area (Å²) in [7, 11) is 0. The zero-order valence-electron chi connectivity index (χ0n) is 12.1. The van der Waals surface area contributed by atoms with Gasteiger partial charge in [-0.25, -0.2) is 0 Å². The Bertz CT molecular complexity index is 484. The quantitative estimate of drug-likeness (QED) is 0.869. The summed E-state index contributed by atoms with van der Waals surface area (Å²) in [5.41, 5.74) is -0.114. The fourth-order valence-electron chi connectivity index (χ4n) is 2.16. The van der Waals surface area contributed by atoms with E-state index in [0.717, 1.165) is 0 Å². The molecule has 0 fully saturated rings. The van der Waals surface area contributed by atoms with Gasteiger partial charge in [-0.1, -0.05) is 16.7 Å². The van der Waals surface area contributed by atoms with E-state index in [0.29, 0.717) is 28.6 Å². The SMILES string of the molecule is CC(C)(C)[N+]1(CCO)CN(Oc2ccc(Cl)cc2)C=N1. The van der Waals surface area contributed by atoms with E-state index in [1.54, 1.807) is 23.5 Å². The van der Waals surface area contributed by atoms with Gasteiger partial charge < -0.3 is 9.94 Å². The number of hydrogen-bond acceptors (Lipinski definition) is 4. The number of aliphatic hydroxyl groups is 1. The first-order valence-corrected chi connectivity index (χ1v) is 6.98. The topological polar surface area (TPSA) is 45.1 Å². The summed E-state index contributed by atoms with van der Waals surface area (Å²) in [6.45, 7) is 7.51. The van der Waals surface area contributed by atoms with Crippen LogP contribution in [0.1, 0.15) is 20.8 Å². The van der Waals surface area contributed by atoms with Gasteiger partial charge in [0.15, 0.2) is 12.1 Å². The number of nitrogens with zero attached hydrogens (tertiary/aromatic N) is 3. The summed E-state index contributed by atoms with van der Waals surface area (Å²) < 4.78 is 0.414. The molecule has 0 saturated heterocycles. The molecule has 1 aliphatic rings. The number of halogens is 1. The van der Waals surface area contributed by atoms with E-state index in [1.165, 1.54) is 0 Å². The maximum Gasteiger partial charge on any atom is 0.213 e. The van der Waals surface area contributed by atoms with Crippen molar-refractivity contribution in [1.29, 1.82) is 0 Å². The first-order chi connectivity index (χ1) is 9.36. The molecule has 0 saturated carbocycles. The summed E-state index contributed by atoms with van der Waals surface area (Å²) in [6.07, 6.45) is 1.68. The van der Waals surface area contributed by atoms with Crippen LogP contribution in [-0.2, 0) is 0 Å². The van der Waals surface area contributed by atoms with Gasteiger partial charge >= 0.3 is 0 Å². The highest BCUT2D eigenvalue weighted by Gasteiger charge is 2.46. The third kappa shape index (κ3) is 3.06. The minimum absolute atomic E-state index is 0.0867. The van der Waals surface area contributed by atoms with Gasteiger partial charge in [0.05, 0.1) is 6.61 Å². The van der Waals surface area contributed by atoms with Crippen LogP contribution in [0, 0.1) is 0 Å². The summed E-state index contributed by atoms with van der Waals surface area (Å²) >= 11 is 5.85. The van der Waals surface area contributed by atoms with Crippen molar-refractivity contribution in [3.63, 3.8) is 0 Å². The molecule has 0 aliphatic carbocycles. The van der Waals surface area contributed by atoms with E-state index >= 15 is 0 Å². The largest absolute Gasteiger partial charge is 0.390 e. The van der Waals surface area contributed by atoms with Crippen molar-refractivity contribution in [1.82, 2.24) is 5.06 Å². The zero-order chi connectivity index (χ0) is 14.8. The highest BCUT2D eigenvalue weighted by atomic mass is 35.5. The molecule has 5 nitrogen and oxygen atoms in total. The molecule has 0 radical (unpaired) electrons. The molecule has 1 aromatic rings. The van der Waals surface area contributed by atoms with Gasteiger partial charge in [0.2, 0.25) is 6.67 Å². The van der Waals surface area contributed by atoms with Crippen molar-refractivity contribution in [2.45, 2.75) is 26.3 Å². The van der Waals surface area contributed by atoms with Crippen LogP contribution in [-0.4, -0.2) is 46.5 Å². The van der Waals surface area contributed by atoms with Gasteiger partial charge in [-0.05, 0) is 45.0 Å². The summed E-state index contributed by atoms with van der Waals surface area (Å²) in [5.74, 6) is 0.707. The van der Waals surface area contributed by atoms with Gasteiger partial charge in [-0.15, -0.1) is 5.06 Å². The molecule has 20 heavy (non-hydrogen) atoms. The Hall–Kier alpha value is -1.30. The molecule has 1 aliphatic heterocycles. The van der Waals surface area contributed by atoms with E-state index in [4.69, 9.17) is 16.4 Å². The average Bonchev–Trinajstić information content (AvgIpc) is 2.77. The molecule has 0 amide bonds. The molecule has 1 aromatic carbocycles. The van der Waals surface area contributed by atoms with Crippen molar-refractivity contribution in [3.05, 3.63) is 29.3 Å². The minimum Gasteiger partial charge on any atom is -0.390 e. The predicted molar refractivity (Wildman–Crippen MR) is 79.2 cm³/mol. The minimum atomic E-state index is -0.114. The predicted octanol–water partition coefficient (Wildman–Crippen LogP) is 2.46. The van der Waals surface area contributed by atoms with Crippen LogP contribution in [0.4, 0.5) is 0 Å². The zero-order valence-corrected chi connectivity index (χ0v) is 12.8. The van der Waals surface area contributed by atoms with Crippen LogP contribution in [0.2, 0.25) is 5.02 Å². The molecule has 1 N–H and O–H groups in total. The Morgan fingerprint density at radius 1 is 1.35 bits per heavy atom. The molecule has 1 atom stereocenters. The molecule has 0 aromatic heterocycles. The van der Waals surface area contributed by atoms with Crippen molar-refractivity contribution >= 4 is 17.9 Å². The van der Waals surface area contributed by atoms with Gasteiger partial charge in [0, 0.05) is 5.02 Å². The van der Waals surface area contributed by atoms with Crippen LogP contribution in [0.25, 0.3) is 0 Å². The number of rotatable bonds is 4. The average molecular weight is 299 g/mol. The van der Waals surface area contributed by atoms with Gasteiger partial charge in [-0.2, -0.15) is 4.59 Å². The molecule has 1 heterocycles. The molecule has 2 rings (SSSR count). The highest BCUT2D eigenvalue weighted by Crippen LogP contribution is 2.29. The first-order valence-electron chi connectivity index (χ1n) is 6.60. The fraction of sp³-hybridized carbons (Fsp3) is 0.500. The van der Waals surface area contributed by atoms with Crippen LogP contribution in [0.3, 0.4) is 0 Å². The Morgan fingerprint density at radius 3 is 2.55 bits per heavy atom. The summed E-state index contributed by atoms with van der Waals surface area (Å²) in [5, 5.41) is 16.2. The van der Waals surface area contributed by atoms with Crippen molar-refractivity contribution in [2.24, 2.45) is 5.10 Å². The number of hydrogen-bond donors (Lipinski definition) is 1. The number of benzene rings is 1. The van der Waals surface area contributed by atoms with E-state index in [-0.39, 0.29) is 12.1 Å². The summed E-state index contributed by atoms with van der Waals surface area (Å²) in [4.78, 5) is 5.76. The van der Waals surface area contributed by atoms with Crippen LogP contribution >= 0.6 is 11.6 Å². The Morgan fingerprint density at radius 2 is 2.00 bits per heavy atom. The standard InChI is InChI=1S/C14H21ClN3O2/c1-14(2,3)18(8-9-19)11-17(10-16-18)20-13-6-4-12(15)5-7-13/h4-7,10,19H,8-9,11H2,1-3H3/q+1. The first kappa shape index (κ1) is 15.1. The lowest BCUT2D eigenvalue weighted by Crippen LogP contribution is -2.58. The second-order valence-electron chi connectivity index (χ2n) is 5.88. The van der Waals surface area contributed by atoms with E-state index in [9.17, 15) is 5.11 Å². The second kappa shape index (κ2) is 5.60. The third-order valence-electron chi connectivity index (χ3n) is 3.53. The van der Waals surface area contributed by atoms with Gasteiger partial charge in [0.25, 0.3) is 0 Å². The lowest BCUT2D eigenvalue weighted by Gasteiger charge is -2.39. The fourth-order valence-corrected chi connectivity index (χ4v) is 2.28. The molecular formula is C14H21ClN3O2+. The lowest BCUT2D eigenvalue weighted by molar-refractivity contribution is -0.979. The van der Waals surface area contributed by atoms with E-state index in [2.05, 4.69) is 25.9 Å². The van der Waals surface area contributed by atoms with Crippen LogP contribution in [0.15, 0.2) is 29.4 Å².